The Morgan fingerprint density at radius 3 is 3.00 bits per heavy atom. The third-order valence-electron chi connectivity index (χ3n) is 2.99. The highest BCUT2D eigenvalue weighted by Crippen LogP contribution is 2.45. The molecule has 2 aromatic heterocycles. The fourth-order valence-electron chi connectivity index (χ4n) is 2.19. The second-order valence-corrected chi connectivity index (χ2v) is 6.00. The molecule has 0 atom stereocenters. The standard InChI is InChI=1S/C14H16N2O3S/c1-9(2)5-16-6-10(7-17)12(15-16)14-13-11(8-20-14)18-3-4-19-13/h6-9H,3-5H2,1-2H3. The first-order valence-electron chi connectivity index (χ1n) is 6.59. The molecule has 0 amide bonds. The molecule has 6 heteroatoms. The van der Waals surface area contributed by atoms with E-state index in [2.05, 4.69) is 18.9 Å². The van der Waals surface area contributed by atoms with E-state index in [1.807, 2.05) is 10.1 Å². The van der Waals surface area contributed by atoms with Crippen LogP contribution in [0.15, 0.2) is 11.6 Å². The van der Waals surface area contributed by atoms with Gasteiger partial charge in [-0.1, -0.05) is 13.8 Å². The lowest BCUT2D eigenvalue weighted by atomic mass is 10.2. The van der Waals surface area contributed by atoms with Gasteiger partial charge in [-0.2, -0.15) is 5.10 Å². The van der Waals surface area contributed by atoms with Crippen molar-refractivity contribution in [2.45, 2.75) is 20.4 Å². The maximum absolute atomic E-state index is 11.3. The predicted molar refractivity (Wildman–Crippen MR) is 76.8 cm³/mol. The lowest BCUT2D eigenvalue weighted by molar-refractivity contribution is 0.112. The normalized spacial score (nSPS) is 13.8. The second-order valence-electron chi connectivity index (χ2n) is 5.12. The Kier molecular flexibility index (Phi) is 3.48. The highest BCUT2D eigenvalue weighted by molar-refractivity contribution is 7.14. The SMILES string of the molecule is CC(C)Cn1cc(C=O)c(-c2scc3c2OCCO3)n1. The van der Waals surface area contributed by atoms with Crippen LogP contribution < -0.4 is 9.47 Å². The molecule has 1 aliphatic heterocycles. The molecule has 0 aromatic carbocycles. The zero-order valence-corrected chi connectivity index (χ0v) is 12.3. The van der Waals surface area contributed by atoms with E-state index in [1.54, 1.807) is 6.20 Å². The maximum Gasteiger partial charge on any atom is 0.181 e. The van der Waals surface area contributed by atoms with Gasteiger partial charge < -0.3 is 9.47 Å². The van der Waals surface area contributed by atoms with E-state index in [-0.39, 0.29) is 0 Å². The molecule has 3 rings (SSSR count). The number of aldehydes is 1. The van der Waals surface area contributed by atoms with Crippen LogP contribution in [0.25, 0.3) is 10.6 Å². The minimum absolute atomic E-state index is 0.471. The molecular weight excluding hydrogens is 276 g/mol. The van der Waals surface area contributed by atoms with Crippen molar-refractivity contribution >= 4 is 17.6 Å². The van der Waals surface area contributed by atoms with E-state index in [9.17, 15) is 4.79 Å². The highest BCUT2D eigenvalue weighted by Gasteiger charge is 2.23. The summed E-state index contributed by atoms with van der Waals surface area (Å²) in [7, 11) is 0. The number of thiophene rings is 1. The summed E-state index contributed by atoms with van der Waals surface area (Å²) >= 11 is 1.50. The average molecular weight is 292 g/mol. The molecule has 5 nitrogen and oxygen atoms in total. The van der Waals surface area contributed by atoms with Gasteiger partial charge in [-0.3, -0.25) is 9.48 Å². The molecule has 0 unspecified atom stereocenters. The number of fused-ring (bicyclic) bond motifs is 1. The van der Waals surface area contributed by atoms with Crippen molar-refractivity contribution in [2.75, 3.05) is 13.2 Å². The molecule has 0 saturated carbocycles. The van der Waals surface area contributed by atoms with Gasteiger partial charge in [0.25, 0.3) is 0 Å². The summed E-state index contributed by atoms with van der Waals surface area (Å²) in [6.07, 6.45) is 2.63. The van der Waals surface area contributed by atoms with Crippen LogP contribution >= 0.6 is 11.3 Å². The summed E-state index contributed by atoms with van der Waals surface area (Å²) in [4.78, 5) is 12.1. The van der Waals surface area contributed by atoms with Gasteiger partial charge in [0.2, 0.25) is 0 Å². The fourth-order valence-corrected chi connectivity index (χ4v) is 3.13. The third-order valence-corrected chi connectivity index (χ3v) is 3.93. The van der Waals surface area contributed by atoms with Crippen molar-refractivity contribution in [1.82, 2.24) is 9.78 Å². The van der Waals surface area contributed by atoms with E-state index >= 15 is 0 Å². The van der Waals surface area contributed by atoms with E-state index in [0.29, 0.717) is 36.1 Å². The Balaban J connectivity index is 2.02. The minimum Gasteiger partial charge on any atom is -0.485 e. The smallest absolute Gasteiger partial charge is 0.181 e. The van der Waals surface area contributed by atoms with Gasteiger partial charge in [0.05, 0.1) is 5.56 Å². The first kappa shape index (κ1) is 13.2. The molecule has 0 aliphatic carbocycles. The quantitative estimate of drug-likeness (QED) is 0.813. The average Bonchev–Trinajstić information content (AvgIpc) is 3.01. The second kappa shape index (κ2) is 5.28. The number of hydrogen-bond donors (Lipinski definition) is 0. The summed E-state index contributed by atoms with van der Waals surface area (Å²) in [6.45, 7) is 6.11. The van der Waals surface area contributed by atoms with Crippen LogP contribution in [0.1, 0.15) is 24.2 Å². The molecule has 3 heterocycles. The summed E-state index contributed by atoms with van der Waals surface area (Å²) < 4.78 is 13.0. The fraction of sp³-hybridized carbons (Fsp3) is 0.429. The van der Waals surface area contributed by atoms with Gasteiger partial charge in [-0.15, -0.1) is 11.3 Å². The van der Waals surface area contributed by atoms with Crippen LogP contribution in [0.2, 0.25) is 0 Å². The molecule has 0 fully saturated rings. The molecule has 1 aliphatic rings. The topological polar surface area (TPSA) is 53.4 Å². The Hall–Kier alpha value is -1.82. The van der Waals surface area contributed by atoms with Gasteiger partial charge in [0.15, 0.2) is 17.8 Å². The molecular formula is C14H16N2O3S. The Bertz CT molecular complexity index is 630. The van der Waals surface area contributed by atoms with E-state index in [0.717, 1.165) is 23.5 Å². The molecule has 0 N–H and O–H groups in total. The van der Waals surface area contributed by atoms with Crippen LogP contribution in [-0.2, 0) is 6.54 Å². The predicted octanol–water partition coefficient (Wildman–Crippen LogP) is 2.85. The molecule has 0 bridgehead atoms. The number of nitrogens with zero attached hydrogens (tertiary/aromatic N) is 2. The summed E-state index contributed by atoms with van der Waals surface area (Å²) in [5.74, 6) is 1.92. The zero-order valence-electron chi connectivity index (χ0n) is 11.5. The minimum atomic E-state index is 0.471. The molecule has 2 aromatic rings. The van der Waals surface area contributed by atoms with E-state index < -0.39 is 0 Å². The van der Waals surface area contributed by atoms with E-state index in [4.69, 9.17) is 9.47 Å². The monoisotopic (exact) mass is 292 g/mol. The maximum atomic E-state index is 11.3. The molecule has 0 spiro atoms. The van der Waals surface area contributed by atoms with E-state index in [1.165, 1.54) is 11.3 Å². The van der Waals surface area contributed by atoms with Crippen molar-refractivity contribution in [3.8, 4) is 22.1 Å². The lowest BCUT2D eigenvalue weighted by Crippen LogP contribution is -2.14. The lowest BCUT2D eigenvalue weighted by Gasteiger charge is -2.15. The summed E-state index contributed by atoms with van der Waals surface area (Å²) in [6, 6.07) is 0. The summed E-state index contributed by atoms with van der Waals surface area (Å²) in [5.41, 5.74) is 1.27. The first-order valence-corrected chi connectivity index (χ1v) is 7.47. The molecule has 106 valence electrons. The van der Waals surface area contributed by atoms with Crippen molar-refractivity contribution < 1.29 is 14.3 Å². The van der Waals surface area contributed by atoms with Gasteiger partial charge >= 0.3 is 0 Å². The molecule has 0 saturated heterocycles. The number of ether oxygens (including phenoxy) is 2. The van der Waals surface area contributed by atoms with Crippen molar-refractivity contribution in [2.24, 2.45) is 5.92 Å². The van der Waals surface area contributed by atoms with Crippen LogP contribution in [0.4, 0.5) is 0 Å². The van der Waals surface area contributed by atoms with Crippen LogP contribution in [0, 0.1) is 5.92 Å². The highest BCUT2D eigenvalue weighted by atomic mass is 32.1. The van der Waals surface area contributed by atoms with Crippen molar-refractivity contribution in [3.63, 3.8) is 0 Å². The number of aromatic nitrogens is 2. The van der Waals surface area contributed by atoms with Gasteiger partial charge in [-0.05, 0) is 5.92 Å². The third kappa shape index (κ3) is 2.31. The number of hydrogen-bond acceptors (Lipinski definition) is 5. The van der Waals surface area contributed by atoms with Crippen LogP contribution in [0.5, 0.6) is 11.5 Å². The summed E-state index contributed by atoms with van der Waals surface area (Å²) in [5, 5.41) is 6.43. The van der Waals surface area contributed by atoms with Gasteiger partial charge in [0.1, 0.15) is 23.8 Å². The zero-order chi connectivity index (χ0) is 14.1. The number of carbonyl (C=O) groups excluding carboxylic acids is 1. The van der Waals surface area contributed by atoms with Crippen LogP contribution in [0.3, 0.4) is 0 Å². The Labute approximate surface area is 121 Å². The molecule has 0 radical (unpaired) electrons. The number of rotatable bonds is 4. The van der Waals surface area contributed by atoms with Gasteiger partial charge in [0, 0.05) is 18.1 Å². The Morgan fingerprint density at radius 2 is 2.25 bits per heavy atom. The Morgan fingerprint density at radius 1 is 1.45 bits per heavy atom. The van der Waals surface area contributed by atoms with Gasteiger partial charge in [-0.25, -0.2) is 0 Å². The number of carbonyl (C=O) groups is 1. The van der Waals surface area contributed by atoms with Crippen molar-refractivity contribution in [1.29, 1.82) is 0 Å². The molecule has 20 heavy (non-hydrogen) atoms. The van der Waals surface area contributed by atoms with Crippen LogP contribution in [-0.4, -0.2) is 29.3 Å². The largest absolute Gasteiger partial charge is 0.485 e. The van der Waals surface area contributed by atoms with Crippen molar-refractivity contribution in [3.05, 3.63) is 17.1 Å². The first-order chi connectivity index (χ1) is 9.69.